The molecular formula is C29H38FN3O5. The lowest BCUT2D eigenvalue weighted by atomic mass is 9.76. The lowest BCUT2D eigenvalue weighted by molar-refractivity contribution is -0.142. The number of hydrogen-bond donors (Lipinski definition) is 3. The SMILES string of the molecule is N[C@H](CF)C1CCC(C(=O)N2CCC(C3CCCCC3)[C@H]2C(=O)Nc2ccc3oc(C(=O)O)cc3c2)CC1. The molecule has 0 radical (unpaired) electrons. The Hall–Kier alpha value is -2.94. The highest BCUT2D eigenvalue weighted by atomic mass is 19.1. The van der Waals surface area contributed by atoms with E-state index in [1.807, 2.05) is 4.90 Å². The number of nitrogens with two attached hydrogens (primary N) is 1. The van der Waals surface area contributed by atoms with Crippen LogP contribution in [-0.4, -0.2) is 53.1 Å². The lowest BCUT2D eigenvalue weighted by Gasteiger charge is -2.36. The Morgan fingerprint density at radius 1 is 1.05 bits per heavy atom. The van der Waals surface area contributed by atoms with E-state index in [2.05, 4.69) is 5.32 Å². The number of likely N-dealkylation sites (tertiary alicyclic amines) is 1. The van der Waals surface area contributed by atoms with E-state index in [1.165, 1.54) is 12.5 Å². The number of alkyl halides is 1. The molecule has 1 aromatic carbocycles. The van der Waals surface area contributed by atoms with Crippen LogP contribution in [0.2, 0.25) is 0 Å². The molecule has 3 aliphatic rings. The monoisotopic (exact) mass is 527 g/mol. The summed E-state index contributed by atoms with van der Waals surface area (Å²) < 4.78 is 18.4. The van der Waals surface area contributed by atoms with E-state index in [1.54, 1.807) is 18.2 Å². The topological polar surface area (TPSA) is 126 Å². The predicted octanol–water partition coefficient (Wildman–Crippen LogP) is 4.97. The summed E-state index contributed by atoms with van der Waals surface area (Å²) in [5.41, 5.74) is 6.90. The van der Waals surface area contributed by atoms with Crippen LogP contribution in [0.25, 0.3) is 11.0 Å². The van der Waals surface area contributed by atoms with Crippen LogP contribution in [0, 0.1) is 23.7 Å². The Morgan fingerprint density at radius 3 is 2.47 bits per heavy atom. The maximum atomic E-state index is 13.8. The Labute approximate surface area is 222 Å². The van der Waals surface area contributed by atoms with Crippen molar-refractivity contribution in [3.8, 4) is 0 Å². The van der Waals surface area contributed by atoms with Gasteiger partial charge in [0.2, 0.25) is 17.6 Å². The van der Waals surface area contributed by atoms with Crippen LogP contribution >= 0.6 is 0 Å². The first-order valence-electron chi connectivity index (χ1n) is 14.1. The number of furan rings is 1. The maximum Gasteiger partial charge on any atom is 0.371 e. The van der Waals surface area contributed by atoms with Crippen LogP contribution in [0.5, 0.6) is 0 Å². The average molecular weight is 528 g/mol. The Morgan fingerprint density at radius 2 is 1.79 bits per heavy atom. The molecule has 4 N–H and O–H groups in total. The summed E-state index contributed by atoms with van der Waals surface area (Å²) in [6, 6.07) is 5.48. The molecule has 0 bridgehead atoms. The van der Waals surface area contributed by atoms with Gasteiger partial charge in [0.1, 0.15) is 18.3 Å². The van der Waals surface area contributed by atoms with Crippen LogP contribution in [0.1, 0.15) is 74.8 Å². The number of carbonyl (C=O) groups is 3. The molecule has 38 heavy (non-hydrogen) atoms. The number of carboxylic acids is 1. The minimum atomic E-state index is -1.15. The Balaban J connectivity index is 1.34. The normalized spacial score (nSPS) is 27.4. The number of halogens is 1. The molecule has 5 rings (SSSR count). The number of nitrogens with one attached hydrogen (secondary N) is 1. The van der Waals surface area contributed by atoms with Crippen molar-refractivity contribution in [3.63, 3.8) is 0 Å². The van der Waals surface area contributed by atoms with Gasteiger partial charge in [-0.1, -0.05) is 32.1 Å². The molecule has 3 fully saturated rings. The van der Waals surface area contributed by atoms with E-state index in [-0.39, 0.29) is 35.3 Å². The van der Waals surface area contributed by atoms with Crippen LogP contribution in [0.3, 0.4) is 0 Å². The zero-order valence-electron chi connectivity index (χ0n) is 21.7. The summed E-state index contributed by atoms with van der Waals surface area (Å²) in [5.74, 6) is -0.977. The molecule has 2 aromatic rings. The van der Waals surface area contributed by atoms with E-state index in [0.717, 1.165) is 44.9 Å². The van der Waals surface area contributed by atoms with Crippen molar-refractivity contribution in [2.45, 2.75) is 76.3 Å². The molecule has 1 aliphatic heterocycles. The Bertz CT molecular complexity index is 1170. The summed E-state index contributed by atoms with van der Waals surface area (Å²) in [6.07, 6.45) is 9.36. The fourth-order valence-corrected chi connectivity index (χ4v) is 7.05. The number of aromatic carboxylic acids is 1. The van der Waals surface area contributed by atoms with Crippen molar-refractivity contribution in [2.24, 2.45) is 29.4 Å². The van der Waals surface area contributed by atoms with Crippen LogP contribution in [0.15, 0.2) is 28.7 Å². The standard InChI is InChI=1S/C29H38FN3O5/c30-16-23(31)18-6-8-19(9-7-18)28(35)33-13-12-22(17-4-2-1-3-5-17)26(33)27(34)32-21-10-11-24-20(14-21)15-25(38-24)29(36)37/h10-11,14-15,17-19,22-23,26H,1-9,12-13,16,31H2,(H,32,34)(H,36,37)/t18?,19?,22?,23-,26+/m1/s1. The number of benzene rings is 1. The zero-order valence-corrected chi connectivity index (χ0v) is 21.7. The van der Waals surface area contributed by atoms with Crippen molar-refractivity contribution >= 4 is 34.4 Å². The molecule has 1 unspecified atom stereocenters. The molecule has 206 valence electrons. The molecule has 1 aromatic heterocycles. The summed E-state index contributed by atoms with van der Waals surface area (Å²) in [5, 5.41) is 12.8. The van der Waals surface area contributed by atoms with Gasteiger partial charge >= 0.3 is 5.97 Å². The smallest absolute Gasteiger partial charge is 0.371 e. The number of anilines is 1. The molecule has 1 saturated heterocycles. The van der Waals surface area contributed by atoms with Crippen molar-refractivity contribution in [1.29, 1.82) is 0 Å². The molecule has 2 saturated carbocycles. The van der Waals surface area contributed by atoms with Crippen LogP contribution < -0.4 is 11.1 Å². The zero-order chi connectivity index (χ0) is 26.8. The van der Waals surface area contributed by atoms with Crippen molar-refractivity contribution in [1.82, 2.24) is 4.90 Å². The molecule has 3 atom stereocenters. The maximum absolute atomic E-state index is 13.8. The molecule has 2 aliphatic carbocycles. The third-order valence-corrected chi connectivity index (χ3v) is 9.15. The second-order valence-electron chi connectivity index (χ2n) is 11.4. The highest BCUT2D eigenvalue weighted by molar-refractivity contribution is 6.00. The number of rotatable bonds is 7. The number of amides is 2. The number of hydrogen-bond acceptors (Lipinski definition) is 5. The number of fused-ring (bicyclic) bond motifs is 1. The van der Waals surface area contributed by atoms with Crippen LogP contribution in [-0.2, 0) is 9.59 Å². The molecule has 2 heterocycles. The van der Waals surface area contributed by atoms with Gasteiger partial charge < -0.3 is 25.5 Å². The van der Waals surface area contributed by atoms with Gasteiger partial charge in [0, 0.05) is 29.6 Å². The van der Waals surface area contributed by atoms with Gasteiger partial charge in [-0.3, -0.25) is 9.59 Å². The van der Waals surface area contributed by atoms with Gasteiger partial charge in [0.25, 0.3) is 0 Å². The number of nitrogens with zero attached hydrogens (tertiary/aromatic N) is 1. The number of carbonyl (C=O) groups excluding carboxylic acids is 2. The third kappa shape index (κ3) is 5.44. The first kappa shape index (κ1) is 26.7. The largest absolute Gasteiger partial charge is 0.475 e. The fourth-order valence-electron chi connectivity index (χ4n) is 7.05. The van der Waals surface area contributed by atoms with Gasteiger partial charge in [-0.05, 0) is 74.1 Å². The summed E-state index contributed by atoms with van der Waals surface area (Å²) in [4.78, 5) is 40.7. The lowest BCUT2D eigenvalue weighted by Crippen LogP contribution is -2.50. The minimum Gasteiger partial charge on any atom is -0.475 e. The molecule has 8 nitrogen and oxygen atoms in total. The number of carboxylic acid groups (broad SMARTS) is 1. The second-order valence-corrected chi connectivity index (χ2v) is 11.4. The van der Waals surface area contributed by atoms with Gasteiger partial charge in [0.15, 0.2) is 0 Å². The first-order valence-corrected chi connectivity index (χ1v) is 14.1. The fraction of sp³-hybridized carbons (Fsp3) is 0.621. The van der Waals surface area contributed by atoms with Gasteiger partial charge in [-0.15, -0.1) is 0 Å². The summed E-state index contributed by atoms with van der Waals surface area (Å²) in [7, 11) is 0. The van der Waals surface area contributed by atoms with Crippen molar-refractivity contribution in [3.05, 3.63) is 30.0 Å². The summed E-state index contributed by atoms with van der Waals surface area (Å²) in [6.45, 7) is 0.0354. The van der Waals surface area contributed by atoms with Crippen LogP contribution in [0.4, 0.5) is 10.1 Å². The van der Waals surface area contributed by atoms with E-state index in [9.17, 15) is 23.9 Å². The molecule has 0 spiro atoms. The van der Waals surface area contributed by atoms with E-state index in [0.29, 0.717) is 42.0 Å². The van der Waals surface area contributed by atoms with Gasteiger partial charge in [-0.25, -0.2) is 9.18 Å². The first-order chi connectivity index (χ1) is 18.4. The summed E-state index contributed by atoms with van der Waals surface area (Å²) >= 11 is 0. The highest BCUT2D eigenvalue weighted by Gasteiger charge is 2.47. The van der Waals surface area contributed by atoms with Gasteiger partial charge in [0.05, 0.1) is 0 Å². The molecule has 2 amide bonds. The van der Waals surface area contributed by atoms with E-state index in [4.69, 9.17) is 10.2 Å². The van der Waals surface area contributed by atoms with Crippen molar-refractivity contribution < 1.29 is 28.3 Å². The van der Waals surface area contributed by atoms with E-state index >= 15 is 0 Å². The highest BCUT2D eigenvalue weighted by Crippen LogP contribution is 2.41. The van der Waals surface area contributed by atoms with Gasteiger partial charge in [-0.2, -0.15) is 0 Å². The second kappa shape index (κ2) is 11.4. The van der Waals surface area contributed by atoms with Crippen molar-refractivity contribution in [2.75, 3.05) is 18.5 Å². The molecule has 9 heteroatoms. The van der Waals surface area contributed by atoms with E-state index < -0.39 is 24.7 Å². The molecular weight excluding hydrogens is 489 g/mol. The minimum absolute atomic E-state index is 0.0344. The Kier molecular flexibility index (Phi) is 8.02. The predicted molar refractivity (Wildman–Crippen MR) is 141 cm³/mol. The average Bonchev–Trinajstić information content (AvgIpc) is 3.58. The third-order valence-electron chi connectivity index (χ3n) is 9.15. The quantitative estimate of drug-likeness (QED) is 0.467.